The van der Waals surface area contributed by atoms with Gasteiger partial charge in [-0.15, -0.1) is 10.2 Å². The van der Waals surface area contributed by atoms with E-state index < -0.39 is 0 Å². The maximum atomic E-state index is 12.6. The Morgan fingerprint density at radius 3 is 2.27 bits per heavy atom. The lowest BCUT2D eigenvalue weighted by molar-refractivity contribution is -0.113. The van der Waals surface area contributed by atoms with Gasteiger partial charge >= 0.3 is 0 Å². The van der Waals surface area contributed by atoms with Crippen LogP contribution in [0.2, 0.25) is 0 Å². The van der Waals surface area contributed by atoms with E-state index in [4.69, 9.17) is 0 Å². The summed E-state index contributed by atoms with van der Waals surface area (Å²) < 4.78 is 1.78. The highest BCUT2D eigenvalue weighted by Gasteiger charge is 2.19. The summed E-state index contributed by atoms with van der Waals surface area (Å²) in [5.74, 6) is 0.416. The standard InChI is InChI=1S/C27H27N7O2S/c1-18-9-7-8-12-23(18)26(36)28-19(2)25-32-33-27(34(25)3)37-17-24(35)29-20-13-15-22(16-14-20)31-30-21-10-5-4-6-11-21/h4-16,19H,17H2,1-3H3,(H,28,36)(H,29,35)/t19-/m0/s1. The van der Waals surface area contributed by atoms with Gasteiger partial charge in [-0.25, -0.2) is 0 Å². The monoisotopic (exact) mass is 513 g/mol. The maximum absolute atomic E-state index is 12.6. The summed E-state index contributed by atoms with van der Waals surface area (Å²) in [6.45, 7) is 3.75. The number of thioether (sulfide) groups is 1. The lowest BCUT2D eigenvalue weighted by Gasteiger charge is -2.14. The van der Waals surface area contributed by atoms with E-state index in [1.165, 1.54) is 11.8 Å². The van der Waals surface area contributed by atoms with Crippen LogP contribution < -0.4 is 10.6 Å². The average Bonchev–Trinajstić information content (AvgIpc) is 3.28. The normalized spacial score (nSPS) is 11.9. The quantitative estimate of drug-likeness (QED) is 0.218. The number of rotatable bonds is 9. The summed E-state index contributed by atoms with van der Waals surface area (Å²) in [6, 6.07) is 23.7. The van der Waals surface area contributed by atoms with E-state index in [-0.39, 0.29) is 23.6 Å². The first-order valence-corrected chi connectivity index (χ1v) is 12.6. The minimum Gasteiger partial charge on any atom is -0.342 e. The Hall–Kier alpha value is -4.31. The van der Waals surface area contributed by atoms with Crippen LogP contribution in [0.15, 0.2) is 94.2 Å². The molecule has 1 heterocycles. The van der Waals surface area contributed by atoms with Crippen molar-refractivity contribution in [2.45, 2.75) is 25.0 Å². The average molecular weight is 514 g/mol. The molecule has 2 amide bonds. The molecule has 0 radical (unpaired) electrons. The van der Waals surface area contributed by atoms with Crippen LogP contribution in [-0.4, -0.2) is 32.3 Å². The molecule has 0 unspecified atom stereocenters. The molecule has 0 aliphatic rings. The molecule has 0 spiro atoms. The Morgan fingerprint density at radius 1 is 0.919 bits per heavy atom. The second-order valence-electron chi connectivity index (χ2n) is 8.33. The van der Waals surface area contributed by atoms with E-state index in [1.807, 2.05) is 69.4 Å². The number of carbonyl (C=O) groups excluding carboxylic acids is 2. The van der Waals surface area contributed by atoms with Crippen LogP contribution in [0.3, 0.4) is 0 Å². The Balaban J connectivity index is 1.28. The number of carbonyl (C=O) groups is 2. The molecule has 0 saturated carbocycles. The van der Waals surface area contributed by atoms with Gasteiger partial charge in [0.05, 0.1) is 23.2 Å². The molecule has 3 aromatic carbocycles. The number of benzene rings is 3. The first-order valence-electron chi connectivity index (χ1n) is 11.7. The Kier molecular flexibility index (Phi) is 8.42. The predicted octanol–water partition coefficient (Wildman–Crippen LogP) is 5.76. The molecule has 0 aliphatic carbocycles. The predicted molar refractivity (Wildman–Crippen MR) is 144 cm³/mol. The molecule has 0 fully saturated rings. The Labute approximate surface area is 219 Å². The number of hydrogen-bond acceptors (Lipinski definition) is 7. The van der Waals surface area contributed by atoms with Crippen molar-refractivity contribution in [3.63, 3.8) is 0 Å². The van der Waals surface area contributed by atoms with Crippen molar-refractivity contribution in [3.8, 4) is 0 Å². The largest absolute Gasteiger partial charge is 0.342 e. The van der Waals surface area contributed by atoms with Gasteiger partial charge in [-0.05, 0) is 61.9 Å². The molecule has 9 nitrogen and oxygen atoms in total. The molecule has 37 heavy (non-hydrogen) atoms. The van der Waals surface area contributed by atoms with Crippen molar-refractivity contribution in [2.24, 2.45) is 17.3 Å². The Morgan fingerprint density at radius 2 is 1.57 bits per heavy atom. The Bertz CT molecular complexity index is 1400. The number of nitrogens with one attached hydrogen (secondary N) is 2. The van der Waals surface area contributed by atoms with Crippen LogP contribution in [0, 0.1) is 6.92 Å². The van der Waals surface area contributed by atoms with Gasteiger partial charge in [-0.2, -0.15) is 10.2 Å². The third-order valence-corrected chi connectivity index (χ3v) is 6.53. The van der Waals surface area contributed by atoms with E-state index in [1.54, 1.807) is 34.9 Å². The fourth-order valence-corrected chi connectivity index (χ4v) is 4.26. The molecule has 4 rings (SSSR count). The van der Waals surface area contributed by atoms with Gasteiger partial charge in [0.1, 0.15) is 0 Å². The van der Waals surface area contributed by atoms with Gasteiger partial charge in [0.25, 0.3) is 5.91 Å². The number of aromatic nitrogens is 3. The summed E-state index contributed by atoms with van der Waals surface area (Å²) in [5.41, 5.74) is 3.64. The third-order valence-electron chi connectivity index (χ3n) is 5.51. The first kappa shape index (κ1) is 25.8. The van der Waals surface area contributed by atoms with E-state index in [0.717, 1.165) is 11.3 Å². The van der Waals surface area contributed by atoms with Gasteiger partial charge in [0.2, 0.25) is 5.91 Å². The highest BCUT2D eigenvalue weighted by atomic mass is 32.2. The van der Waals surface area contributed by atoms with Crippen LogP contribution >= 0.6 is 11.8 Å². The van der Waals surface area contributed by atoms with Crippen LogP contribution in [-0.2, 0) is 11.8 Å². The minimum atomic E-state index is -0.356. The van der Waals surface area contributed by atoms with Crippen LogP contribution in [0.5, 0.6) is 0 Å². The summed E-state index contributed by atoms with van der Waals surface area (Å²) in [5, 5.41) is 23.2. The number of amides is 2. The fourth-order valence-electron chi connectivity index (χ4n) is 3.54. The first-order chi connectivity index (χ1) is 17.9. The summed E-state index contributed by atoms with van der Waals surface area (Å²) in [4.78, 5) is 25.1. The molecule has 0 aliphatic heterocycles. The SMILES string of the molecule is Cc1ccccc1C(=O)N[C@@H](C)c1nnc(SCC(=O)Nc2ccc(N=Nc3ccccc3)cc2)n1C. The highest BCUT2D eigenvalue weighted by molar-refractivity contribution is 7.99. The zero-order chi connectivity index (χ0) is 26.2. The highest BCUT2D eigenvalue weighted by Crippen LogP contribution is 2.22. The maximum Gasteiger partial charge on any atom is 0.252 e. The van der Waals surface area contributed by atoms with Gasteiger partial charge in [-0.3, -0.25) is 9.59 Å². The van der Waals surface area contributed by atoms with Crippen molar-refractivity contribution in [2.75, 3.05) is 11.1 Å². The molecular formula is C27H27N7O2S. The number of hydrogen-bond donors (Lipinski definition) is 2. The third kappa shape index (κ3) is 6.89. The molecule has 1 aromatic heterocycles. The molecule has 1 atom stereocenters. The smallest absolute Gasteiger partial charge is 0.252 e. The lowest BCUT2D eigenvalue weighted by atomic mass is 10.1. The second-order valence-corrected chi connectivity index (χ2v) is 9.27. The van der Waals surface area contributed by atoms with Crippen molar-refractivity contribution in [1.82, 2.24) is 20.1 Å². The van der Waals surface area contributed by atoms with Crippen molar-refractivity contribution < 1.29 is 9.59 Å². The van der Waals surface area contributed by atoms with E-state index in [2.05, 4.69) is 31.1 Å². The van der Waals surface area contributed by atoms with E-state index in [0.29, 0.717) is 27.9 Å². The van der Waals surface area contributed by atoms with Crippen molar-refractivity contribution in [3.05, 3.63) is 95.8 Å². The topological polar surface area (TPSA) is 114 Å². The second kappa shape index (κ2) is 12.1. The fraction of sp³-hybridized carbons (Fsp3) is 0.185. The number of anilines is 1. The van der Waals surface area contributed by atoms with Gasteiger partial charge in [0, 0.05) is 18.3 Å². The molecule has 4 aromatic rings. The summed E-state index contributed by atoms with van der Waals surface area (Å²) >= 11 is 1.27. The summed E-state index contributed by atoms with van der Waals surface area (Å²) in [6.07, 6.45) is 0. The number of nitrogens with zero attached hydrogens (tertiary/aromatic N) is 5. The zero-order valence-electron chi connectivity index (χ0n) is 20.8. The van der Waals surface area contributed by atoms with Gasteiger partial charge in [-0.1, -0.05) is 48.2 Å². The number of aryl methyl sites for hydroxylation is 1. The molecule has 0 saturated heterocycles. The van der Waals surface area contributed by atoms with Crippen LogP contribution in [0.4, 0.5) is 17.1 Å². The van der Waals surface area contributed by atoms with Gasteiger partial charge in [0.15, 0.2) is 11.0 Å². The van der Waals surface area contributed by atoms with Crippen molar-refractivity contribution >= 4 is 40.6 Å². The minimum absolute atomic E-state index is 0.158. The molecule has 0 bridgehead atoms. The molecule has 188 valence electrons. The zero-order valence-corrected chi connectivity index (χ0v) is 21.6. The van der Waals surface area contributed by atoms with Gasteiger partial charge < -0.3 is 15.2 Å². The summed E-state index contributed by atoms with van der Waals surface area (Å²) in [7, 11) is 1.81. The molecule has 2 N–H and O–H groups in total. The van der Waals surface area contributed by atoms with Crippen LogP contribution in [0.1, 0.15) is 34.7 Å². The van der Waals surface area contributed by atoms with E-state index >= 15 is 0 Å². The van der Waals surface area contributed by atoms with E-state index in [9.17, 15) is 9.59 Å². The lowest BCUT2D eigenvalue weighted by Crippen LogP contribution is -2.29. The molecule has 10 heteroatoms. The van der Waals surface area contributed by atoms with Crippen molar-refractivity contribution in [1.29, 1.82) is 0 Å². The molecular weight excluding hydrogens is 486 g/mol. The number of azo groups is 1. The van der Waals surface area contributed by atoms with Crippen LogP contribution in [0.25, 0.3) is 0 Å².